The quantitative estimate of drug-likeness (QED) is 0.660. The molecule has 1 amide bonds. The summed E-state index contributed by atoms with van der Waals surface area (Å²) < 4.78 is 16.3. The maximum absolute atomic E-state index is 12.4. The fraction of sp³-hybridized carbons (Fsp3) is 0.381. The zero-order chi connectivity index (χ0) is 18.8. The number of para-hydroxylation sites is 1. The molecule has 0 spiro atoms. The van der Waals surface area contributed by atoms with Crippen LogP contribution in [0.2, 0.25) is 0 Å². The molecule has 0 aliphatic rings. The van der Waals surface area contributed by atoms with Crippen LogP contribution in [0.4, 0.5) is 0 Å². The number of benzene rings is 2. The van der Waals surface area contributed by atoms with Crippen LogP contribution in [0.1, 0.15) is 25.3 Å². The van der Waals surface area contributed by atoms with Crippen LogP contribution in [0.3, 0.4) is 0 Å². The van der Waals surface area contributed by atoms with E-state index in [0.717, 1.165) is 29.9 Å². The standard InChI is InChI=1S/C21H27NO4/c1-4-19(26-18-13-11-17(24-2)12-14-18)21(23)22-15-7-9-16-8-5-6-10-20(16)25-3/h5-6,8,10-14,19H,4,7,9,15H2,1-3H3,(H,22,23)/t19-/m1/s1. The van der Waals surface area contributed by atoms with Crippen molar-refractivity contribution in [2.24, 2.45) is 0 Å². The van der Waals surface area contributed by atoms with Crippen LogP contribution in [0.5, 0.6) is 17.2 Å². The van der Waals surface area contributed by atoms with Gasteiger partial charge < -0.3 is 19.5 Å². The number of rotatable bonds is 10. The van der Waals surface area contributed by atoms with Gasteiger partial charge in [-0.3, -0.25) is 4.79 Å². The maximum atomic E-state index is 12.4. The Morgan fingerprint density at radius 2 is 1.69 bits per heavy atom. The van der Waals surface area contributed by atoms with Gasteiger partial charge in [0.05, 0.1) is 14.2 Å². The van der Waals surface area contributed by atoms with Gasteiger partial charge in [0.15, 0.2) is 6.10 Å². The SMILES string of the molecule is CC[C@@H](Oc1ccc(OC)cc1)C(=O)NCCCc1ccccc1OC. The Morgan fingerprint density at radius 1 is 1.00 bits per heavy atom. The lowest BCUT2D eigenvalue weighted by Gasteiger charge is -2.17. The van der Waals surface area contributed by atoms with E-state index in [1.54, 1.807) is 26.4 Å². The number of ether oxygens (including phenoxy) is 3. The Bertz CT molecular complexity index is 685. The average molecular weight is 357 g/mol. The fourth-order valence-corrected chi connectivity index (χ4v) is 2.65. The molecule has 0 aromatic heterocycles. The molecule has 26 heavy (non-hydrogen) atoms. The number of carbonyl (C=O) groups is 1. The van der Waals surface area contributed by atoms with E-state index in [-0.39, 0.29) is 5.91 Å². The van der Waals surface area contributed by atoms with Crippen LogP contribution in [-0.4, -0.2) is 32.8 Å². The van der Waals surface area contributed by atoms with E-state index >= 15 is 0 Å². The molecule has 2 aromatic carbocycles. The van der Waals surface area contributed by atoms with Crippen molar-refractivity contribution >= 4 is 5.91 Å². The summed E-state index contributed by atoms with van der Waals surface area (Å²) in [6, 6.07) is 15.2. The molecule has 2 rings (SSSR count). The van der Waals surface area contributed by atoms with Gasteiger partial charge in [-0.15, -0.1) is 0 Å². The maximum Gasteiger partial charge on any atom is 0.261 e. The van der Waals surface area contributed by atoms with Crippen molar-refractivity contribution in [2.45, 2.75) is 32.3 Å². The predicted octanol–water partition coefficient (Wildman–Crippen LogP) is 3.61. The number of hydrogen-bond acceptors (Lipinski definition) is 4. The van der Waals surface area contributed by atoms with E-state index in [4.69, 9.17) is 14.2 Å². The number of carbonyl (C=O) groups excluding carboxylic acids is 1. The third-order valence-electron chi connectivity index (χ3n) is 4.12. The molecule has 0 aliphatic carbocycles. The fourth-order valence-electron chi connectivity index (χ4n) is 2.65. The number of amides is 1. The highest BCUT2D eigenvalue weighted by atomic mass is 16.5. The Kier molecular flexibility index (Phi) is 7.80. The van der Waals surface area contributed by atoms with Gasteiger partial charge in [0.2, 0.25) is 0 Å². The van der Waals surface area contributed by atoms with Crippen molar-refractivity contribution in [3.05, 3.63) is 54.1 Å². The molecule has 5 nitrogen and oxygen atoms in total. The Hall–Kier alpha value is -2.69. The van der Waals surface area contributed by atoms with E-state index in [1.165, 1.54) is 0 Å². The van der Waals surface area contributed by atoms with E-state index in [1.807, 2.05) is 43.3 Å². The summed E-state index contributed by atoms with van der Waals surface area (Å²) in [5.41, 5.74) is 1.14. The number of nitrogens with one attached hydrogen (secondary N) is 1. The second-order valence-electron chi connectivity index (χ2n) is 5.90. The number of hydrogen-bond donors (Lipinski definition) is 1. The molecule has 0 aliphatic heterocycles. The predicted molar refractivity (Wildman–Crippen MR) is 102 cm³/mol. The second-order valence-corrected chi connectivity index (χ2v) is 5.90. The monoisotopic (exact) mass is 357 g/mol. The van der Waals surface area contributed by atoms with Crippen molar-refractivity contribution in [2.75, 3.05) is 20.8 Å². The molecule has 0 unspecified atom stereocenters. The Balaban J connectivity index is 1.79. The average Bonchev–Trinajstić information content (AvgIpc) is 2.69. The first kappa shape index (κ1) is 19.6. The van der Waals surface area contributed by atoms with Gasteiger partial charge >= 0.3 is 0 Å². The largest absolute Gasteiger partial charge is 0.497 e. The minimum absolute atomic E-state index is 0.0941. The first-order valence-corrected chi connectivity index (χ1v) is 8.88. The van der Waals surface area contributed by atoms with Crippen LogP contribution in [0, 0.1) is 0 Å². The van der Waals surface area contributed by atoms with Crippen molar-refractivity contribution in [1.29, 1.82) is 0 Å². The lowest BCUT2D eigenvalue weighted by Crippen LogP contribution is -2.38. The first-order valence-electron chi connectivity index (χ1n) is 8.88. The summed E-state index contributed by atoms with van der Waals surface area (Å²) in [4.78, 5) is 12.4. The van der Waals surface area contributed by atoms with Crippen molar-refractivity contribution in [3.8, 4) is 17.2 Å². The molecule has 0 saturated carbocycles. The summed E-state index contributed by atoms with van der Waals surface area (Å²) in [5.74, 6) is 2.20. The third kappa shape index (κ3) is 5.69. The normalized spacial score (nSPS) is 11.5. The molecule has 2 aromatic rings. The molecule has 1 N–H and O–H groups in total. The zero-order valence-electron chi connectivity index (χ0n) is 15.7. The van der Waals surface area contributed by atoms with Gasteiger partial charge in [0.1, 0.15) is 17.2 Å². The molecule has 140 valence electrons. The molecule has 0 saturated heterocycles. The highest BCUT2D eigenvalue weighted by Gasteiger charge is 2.17. The Morgan fingerprint density at radius 3 is 2.35 bits per heavy atom. The van der Waals surface area contributed by atoms with Crippen molar-refractivity contribution < 1.29 is 19.0 Å². The molecule has 0 heterocycles. The molecule has 1 atom stereocenters. The van der Waals surface area contributed by atoms with E-state index in [9.17, 15) is 4.79 Å². The van der Waals surface area contributed by atoms with Gasteiger partial charge in [0.25, 0.3) is 5.91 Å². The molecular weight excluding hydrogens is 330 g/mol. The van der Waals surface area contributed by atoms with Gasteiger partial charge in [0, 0.05) is 6.54 Å². The highest BCUT2D eigenvalue weighted by molar-refractivity contribution is 5.81. The minimum atomic E-state index is -0.505. The van der Waals surface area contributed by atoms with Crippen LogP contribution < -0.4 is 19.5 Å². The van der Waals surface area contributed by atoms with E-state index in [0.29, 0.717) is 18.7 Å². The molecule has 0 radical (unpaired) electrons. The van der Waals surface area contributed by atoms with Gasteiger partial charge in [-0.2, -0.15) is 0 Å². The number of aryl methyl sites for hydroxylation is 1. The van der Waals surface area contributed by atoms with Gasteiger partial charge in [-0.25, -0.2) is 0 Å². The Labute approximate surface area is 155 Å². The smallest absolute Gasteiger partial charge is 0.261 e. The summed E-state index contributed by atoms with van der Waals surface area (Å²) in [5, 5.41) is 2.95. The van der Waals surface area contributed by atoms with E-state index < -0.39 is 6.10 Å². The molecule has 0 fully saturated rings. The summed E-state index contributed by atoms with van der Waals surface area (Å²) >= 11 is 0. The van der Waals surface area contributed by atoms with Crippen LogP contribution in [0.25, 0.3) is 0 Å². The van der Waals surface area contributed by atoms with Crippen molar-refractivity contribution in [1.82, 2.24) is 5.32 Å². The topological polar surface area (TPSA) is 56.8 Å². The zero-order valence-corrected chi connectivity index (χ0v) is 15.7. The first-order chi connectivity index (χ1) is 12.7. The molecule has 5 heteroatoms. The van der Waals surface area contributed by atoms with Gasteiger partial charge in [-0.05, 0) is 55.2 Å². The van der Waals surface area contributed by atoms with E-state index in [2.05, 4.69) is 5.32 Å². The summed E-state index contributed by atoms with van der Waals surface area (Å²) in [7, 11) is 3.28. The third-order valence-corrected chi connectivity index (χ3v) is 4.12. The molecule has 0 bridgehead atoms. The summed E-state index contributed by atoms with van der Waals surface area (Å²) in [6.45, 7) is 2.53. The lowest BCUT2D eigenvalue weighted by atomic mass is 10.1. The highest BCUT2D eigenvalue weighted by Crippen LogP contribution is 2.20. The van der Waals surface area contributed by atoms with Crippen LogP contribution in [0.15, 0.2) is 48.5 Å². The lowest BCUT2D eigenvalue weighted by molar-refractivity contribution is -0.128. The van der Waals surface area contributed by atoms with Crippen LogP contribution >= 0.6 is 0 Å². The number of methoxy groups -OCH3 is 2. The minimum Gasteiger partial charge on any atom is -0.497 e. The second kappa shape index (κ2) is 10.3. The van der Waals surface area contributed by atoms with Gasteiger partial charge in [-0.1, -0.05) is 25.1 Å². The summed E-state index contributed by atoms with van der Waals surface area (Å²) in [6.07, 6.45) is 1.78. The van der Waals surface area contributed by atoms with Crippen molar-refractivity contribution in [3.63, 3.8) is 0 Å². The molecular formula is C21H27NO4. The van der Waals surface area contributed by atoms with Crippen LogP contribution in [-0.2, 0) is 11.2 Å².